The first-order chi connectivity index (χ1) is 8.91. The van der Waals surface area contributed by atoms with Gasteiger partial charge in [-0.15, -0.1) is 0 Å². The number of fused-ring (bicyclic) bond motifs is 1. The molecule has 0 unspecified atom stereocenters. The Hall–Kier alpha value is -1.93. The smallest absolute Gasteiger partial charge is 0.320 e. The van der Waals surface area contributed by atoms with Gasteiger partial charge in [0.05, 0.1) is 4.92 Å². The zero-order valence-electron chi connectivity index (χ0n) is 9.59. The molecule has 2 rings (SSSR count). The number of aromatic nitrogens is 1. The van der Waals surface area contributed by atoms with Gasteiger partial charge in [-0.1, -0.05) is 15.9 Å². The lowest BCUT2D eigenvalue weighted by Gasteiger charge is -2.05. The molecule has 100 valence electrons. The van der Waals surface area contributed by atoms with E-state index < -0.39 is 16.9 Å². The zero-order chi connectivity index (χ0) is 14.2. The van der Waals surface area contributed by atoms with E-state index in [1.807, 2.05) is 0 Å². The second kappa shape index (κ2) is 4.98. The van der Waals surface area contributed by atoms with Crippen molar-refractivity contribution in [1.29, 1.82) is 0 Å². The van der Waals surface area contributed by atoms with Crippen LogP contribution in [0.15, 0.2) is 22.8 Å². The number of carboxylic acid groups (broad SMARTS) is 1. The van der Waals surface area contributed by atoms with Gasteiger partial charge in [0.25, 0.3) is 5.69 Å². The molecule has 8 heteroatoms. The van der Waals surface area contributed by atoms with Crippen molar-refractivity contribution in [3.63, 3.8) is 0 Å². The number of hydrogen-bond donors (Lipinski definition) is 3. The first kappa shape index (κ1) is 13.5. The first-order valence-corrected chi connectivity index (χ1v) is 6.12. The van der Waals surface area contributed by atoms with Crippen LogP contribution in [0.1, 0.15) is 5.56 Å². The van der Waals surface area contributed by atoms with Gasteiger partial charge in [0.2, 0.25) is 0 Å². The highest BCUT2D eigenvalue weighted by atomic mass is 79.9. The van der Waals surface area contributed by atoms with Crippen LogP contribution in [0, 0.1) is 10.1 Å². The quantitative estimate of drug-likeness (QED) is 0.583. The van der Waals surface area contributed by atoms with E-state index in [0.29, 0.717) is 20.9 Å². The summed E-state index contributed by atoms with van der Waals surface area (Å²) in [5, 5.41) is 20.3. The summed E-state index contributed by atoms with van der Waals surface area (Å²) in [6.45, 7) is 0. The number of rotatable bonds is 4. The van der Waals surface area contributed by atoms with Crippen LogP contribution in [-0.4, -0.2) is 27.0 Å². The maximum absolute atomic E-state index is 10.9. The average Bonchev–Trinajstić information content (AvgIpc) is 2.73. The summed E-state index contributed by atoms with van der Waals surface area (Å²) in [6.07, 6.45) is 1.64. The fourth-order valence-corrected chi connectivity index (χ4v) is 2.48. The predicted octanol–water partition coefficient (Wildman–Crippen LogP) is 1.79. The van der Waals surface area contributed by atoms with Crippen LogP contribution in [0.25, 0.3) is 10.9 Å². The largest absolute Gasteiger partial charge is 0.480 e. The number of carbonyl (C=O) groups is 1. The molecule has 0 bridgehead atoms. The zero-order valence-corrected chi connectivity index (χ0v) is 11.2. The number of non-ortho nitro benzene ring substituents is 1. The third-order valence-electron chi connectivity index (χ3n) is 2.80. The van der Waals surface area contributed by atoms with Gasteiger partial charge in [-0.25, -0.2) is 0 Å². The first-order valence-electron chi connectivity index (χ1n) is 5.33. The predicted molar refractivity (Wildman–Crippen MR) is 72.0 cm³/mol. The van der Waals surface area contributed by atoms with Gasteiger partial charge in [-0.3, -0.25) is 14.9 Å². The van der Waals surface area contributed by atoms with Crippen molar-refractivity contribution in [2.24, 2.45) is 5.73 Å². The summed E-state index contributed by atoms with van der Waals surface area (Å²) in [5.41, 5.74) is 6.40. The van der Waals surface area contributed by atoms with Gasteiger partial charge in [0, 0.05) is 28.5 Å². The summed E-state index contributed by atoms with van der Waals surface area (Å²) >= 11 is 3.31. The minimum Gasteiger partial charge on any atom is -0.480 e. The van der Waals surface area contributed by atoms with Crippen LogP contribution in [0.2, 0.25) is 0 Å². The molecule has 2 aromatic rings. The lowest BCUT2D eigenvalue weighted by molar-refractivity contribution is -0.383. The molecule has 0 aliphatic heterocycles. The van der Waals surface area contributed by atoms with Crippen molar-refractivity contribution in [1.82, 2.24) is 4.98 Å². The number of nitrogens with zero attached hydrogens (tertiary/aromatic N) is 1. The number of benzene rings is 1. The van der Waals surface area contributed by atoms with E-state index >= 15 is 0 Å². The number of nitro benzene ring substituents is 1. The van der Waals surface area contributed by atoms with Gasteiger partial charge in [-0.2, -0.15) is 0 Å². The molecule has 4 N–H and O–H groups in total. The Morgan fingerprint density at radius 1 is 1.58 bits per heavy atom. The summed E-state index contributed by atoms with van der Waals surface area (Å²) < 4.78 is 0.655. The van der Waals surface area contributed by atoms with Crippen molar-refractivity contribution in [2.45, 2.75) is 12.5 Å². The Kier molecular flexibility index (Phi) is 3.54. The standard InChI is InChI=1S/C11H10BrN3O4/c12-6-1-2-8(15(18)19)10-9(6)5(4-14-10)3-7(13)11(16)17/h1-2,4,7,14H,3,13H2,(H,16,17)/t7-/m0/s1. The fraction of sp³-hybridized carbons (Fsp3) is 0.182. The highest BCUT2D eigenvalue weighted by molar-refractivity contribution is 9.10. The summed E-state index contributed by atoms with van der Waals surface area (Å²) in [6, 6.07) is 1.89. The molecule has 0 aliphatic rings. The Labute approximate surface area is 115 Å². The number of hydrogen-bond acceptors (Lipinski definition) is 4. The minimum absolute atomic E-state index is 0.0617. The molecule has 0 amide bonds. The molecule has 0 spiro atoms. The molecule has 0 aliphatic carbocycles. The molecule has 19 heavy (non-hydrogen) atoms. The lowest BCUT2D eigenvalue weighted by Crippen LogP contribution is -2.32. The van der Waals surface area contributed by atoms with Crippen LogP contribution in [0.3, 0.4) is 0 Å². The molecular formula is C11H10BrN3O4. The van der Waals surface area contributed by atoms with Crippen LogP contribution < -0.4 is 5.73 Å². The van der Waals surface area contributed by atoms with E-state index in [0.717, 1.165) is 0 Å². The third kappa shape index (κ3) is 2.45. The Morgan fingerprint density at radius 2 is 2.26 bits per heavy atom. The van der Waals surface area contributed by atoms with E-state index in [1.165, 1.54) is 6.07 Å². The van der Waals surface area contributed by atoms with Crippen LogP contribution in [-0.2, 0) is 11.2 Å². The number of H-pyrrole nitrogens is 1. The Morgan fingerprint density at radius 3 is 2.84 bits per heavy atom. The number of nitrogens with two attached hydrogens (primary N) is 1. The molecule has 0 fully saturated rings. The lowest BCUT2D eigenvalue weighted by atomic mass is 10.1. The van der Waals surface area contributed by atoms with E-state index in [-0.39, 0.29) is 12.1 Å². The molecule has 1 atom stereocenters. The maximum Gasteiger partial charge on any atom is 0.320 e. The summed E-state index contributed by atoms with van der Waals surface area (Å²) in [5.74, 6) is -1.11. The van der Waals surface area contributed by atoms with E-state index in [2.05, 4.69) is 20.9 Å². The SMILES string of the molecule is N[C@@H](Cc1c[nH]c2c([N+](=O)[O-])ccc(Br)c12)C(=O)O. The molecule has 0 radical (unpaired) electrons. The summed E-state index contributed by atoms with van der Waals surface area (Å²) in [4.78, 5) is 24.0. The van der Waals surface area contributed by atoms with E-state index in [4.69, 9.17) is 10.8 Å². The highest BCUT2D eigenvalue weighted by Crippen LogP contribution is 2.33. The molecule has 7 nitrogen and oxygen atoms in total. The van der Waals surface area contributed by atoms with Crippen molar-refractivity contribution in [3.05, 3.63) is 38.5 Å². The number of aromatic amines is 1. The number of halogens is 1. The summed E-state index contributed by atoms with van der Waals surface area (Å²) in [7, 11) is 0. The van der Waals surface area contributed by atoms with Crippen molar-refractivity contribution in [2.75, 3.05) is 0 Å². The normalized spacial score (nSPS) is 12.5. The highest BCUT2D eigenvalue weighted by Gasteiger charge is 2.20. The molecular weight excluding hydrogens is 318 g/mol. The number of nitro groups is 1. The minimum atomic E-state index is -1.11. The number of nitrogens with one attached hydrogen (secondary N) is 1. The average molecular weight is 328 g/mol. The molecule has 1 heterocycles. The third-order valence-corrected chi connectivity index (χ3v) is 3.46. The van der Waals surface area contributed by atoms with Gasteiger partial charge in [0.1, 0.15) is 11.6 Å². The Balaban J connectivity index is 2.56. The second-order valence-corrected chi connectivity index (χ2v) is 4.89. The van der Waals surface area contributed by atoms with Gasteiger partial charge in [-0.05, 0) is 11.6 Å². The van der Waals surface area contributed by atoms with Crippen molar-refractivity contribution >= 4 is 38.5 Å². The maximum atomic E-state index is 10.9. The fourth-order valence-electron chi connectivity index (χ4n) is 1.90. The van der Waals surface area contributed by atoms with Gasteiger partial charge >= 0.3 is 5.97 Å². The van der Waals surface area contributed by atoms with Crippen LogP contribution in [0.4, 0.5) is 5.69 Å². The molecule has 0 saturated carbocycles. The van der Waals surface area contributed by atoms with Crippen molar-refractivity contribution < 1.29 is 14.8 Å². The number of carboxylic acids is 1. The van der Waals surface area contributed by atoms with Gasteiger partial charge in [0.15, 0.2) is 0 Å². The molecule has 1 aromatic heterocycles. The monoisotopic (exact) mass is 327 g/mol. The topological polar surface area (TPSA) is 122 Å². The Bertz CT molecular complexity index is 667. The van der Waals surface area contributed by atoms with Crippen LogP contribution in [0.5, 0.6) is 0 Å². The molecule has 1 aromatic carbocycles. The second-order valence-electron chi connectivity index (χ2n) is 4.04. The van der Waals surface area contributed by atoms with Crippen LogP contribution >= 0.6 is 15.9 Å². The molecule has 0 saturated heterocycles. The van der Waals surface area contributed by atoms with E-state index in [1.54, 1.807) is 12.3 Å². The van der Waals surface area contributed by atoms with Gasteiger partial charge < -0.3 is 15.8 Å². The van der Waals surface area contributed by atoms with Crippen molar-refractivity contribution in [3.8, 4) is 0 Å². The number of aliphatic carboxylic acids is 1. The van der Waals surface area contributed by atoms with E-state index in [9.17, 15) is 14.9 Å².